The third kappa shape index (κ3) is 16.2. The van der Waals surface area contributed by atoms with E-state index in [0.717, 1.165) is 31.7 Å². The molecule has 0 saturated carbocycles. The summed E-state index contributed by atoms with van der Waals surface area (Å²) >= 11 is 17.4. The van der Waals surface area contributed by atoms with Crippen LogP contribution in [0.4, 0.5) is 0 Å². The number of carbonyl (C=O) groups excluding carboxylic acids is 1. The molecule has 0 aliphatic carbocycles. The monoisotopic (exact) mass is 344 g/mol. The molecule has 0 fully saturated rings. The van der Waals surface area contributed by atoms with Gasteiger partial charge in [0.1, 0.15) is 0 Å². The molecule has 19 heavy (non-hydrogen) atoms. The third-order valence-corrected chi connectivity index (χ3v) is 5.27. The fourth-order valence-electron chi connectivity index (χ4n) is 1.67. The Hall–Kier alpha value is 0.297. The van der Waals surface area contributed by atoms with Gasteiger partial charge in [-0.1, -0.05) is 44.6 Å². The van der Waals surface area contributed by atoms with E-state index >= 15 is 0 Å². The predicted molar refractivity (Wildman–Crippen MR) is 86.2 cm³/mol. The van der Waals surface area contributed by atoms with Crippen LogP contribution in [0.5, 0.6) is 0 Å². The van der Waals surface area contributed by atoms with E-state index in [4.69, 9.17) is 38.0 Å². The highest BCUT2D eigenvalue weighted by atomic mass is 35.8. The summed E-state index contributed by atoms with van der Waals surface area (Å²) in [6.07, 6.45) is 10.9. The van der Waals surface area contributed by atoms with Crippen molar-refractivity contribution in [3.05, 3.63) is 12.2 Å². The molecule has 0 unspecified atom stereocenters. The number of hydrogen-bond donors (Lipinski definition) is 0. The van der Waals surface area contributed by atoms with Gasteiger partial charge < -0.3 is 4.74 Å². The van der Waals surface area contributed by atoms with E-state index in [1.807, 2.05) is 0 Å². The molecule has 0 bridgehead atoms. The van der Waals surface area contributed by atoms with Gasteiger partial charge in [-0.15, -0.1) is 33.2 Å². The summed E-state index contributed by atoms with van der Waals surface area (Å²) in [5, 5.41) is 0. The first-order valence-corrected chi connectivity index (χ1v) is 12.1. The summed E-state index contributed by atoms with van der Waals surface area (Å²) in [6.45, 7) is 2.31. The molecule has 0 aliphatic heterocycles. The Morgan fingerprint density at radius 2 is 1.53 bits per heavy atom. The molecule has 0 amide bonds. The quantitative estimate of drug-likeness (QED) is 0.163. The smallest absolute Gasteiger partial charge is 0.341 e. The molecule has 0 radical (unpaired) electrons. The van der Waals surface area contributed by atoms with Crippen molar-refractivity contribution in [3.63, 3.8) is 0 Å². The Labute approximate surface area is 131 Å². The van der Waals surface area contributed by atoms with Crippen LogP contribution in [0.25, 0.3) is 0 Å². The zero-order valence-electron chi connectivity index (χ0n) is 11.5. The minimum Gasteiger partial charge on any atom is -0.463 e. The van der Waals surface area contributed by atoms with Crippen molar-refractivity contribution in [2.24, 2.45) is 0 Å². The van der Waals surface area contributed by atoms with Crippen LogP contribution < -0.4 is 0 Å². The number of allylic oxidation sites excluding steroid dienone is 1. The summed E-state index contributed by atoms with van der Waals surface area (Å²) in [5.41, 5.74) is 0. The number of carbonyl (C=O) groups is 1. The standard InChI is InChI=1S/C13H23Cl3O2Si/c1-2-10-13(17)18-11-8-6-4-3-5-7-9-12-19(14,15)16/h2,10H,3-9,11-12H2,1H3. The zero-order valence-corrected chi connectivity index (χ0v) is 14.7. The van der Waals surface area contributed by atoms with Crippen molar-refractivity contribution in [2.75, 3.05) is 6.61 Å². The molecular formula is C13H23Cl3O2Si. The average Bonchev–Trinajstić information content (AvgIpc) is 2.30. The molecule has 0 rings (SSSR count). The first-order chi connectivity index (χ1) is 8.95. The second-order valence-electron chi connectivity index (χ2n) is 4.51. The lowest BCUT2D eigenvalue weighted by Crippen LogP contribution is -2.07. The minimum absolute atomic E-state index is 0.252. The van der Waals surface area contributed by atoms with Crippen molar-refractivity contribution >= 4 is 45.2 Å². The molecule has 0 aliphatic rings. The molecule has 0 atom stereocenters. The van der Waals surface area contributed by atoms with Gasteiger partial charge in [-0.2, -0.15) is 0 Å². The zero-order chi connectivity index (χ0) is 14.6. The normalized spacial score (nSPS) is 12.0. The number of hydrogen-bond acceptors (Lipinski definition) is 2. The number of rotatable bonds is 11. The number of unbranched alkanes of at least 4 members (excludes halogenated alkanes) is 6. The van der Waals surface area contributed by atoms with E-state index in [9.17, 15) is 4.79 Å². The Bertz CT molecular complexity index is 265. The predicted octanol–water partition coefficient (Wildman–Crippen LogP) is 5.49. The molecule has 0 saturated heterocycles. The maximum Gasteiger partial charge on any atom is 0.341 e. The van der Waals surface area contributed by atoms with Gasteiger partial charge in [0, 0.05) is 6.08 Å². The Kier molecular flexibility index (Phi) is 12.3. The van der Waals surface area contributed by atoms with E-state index in [-0.39, 0.29) is 5.97 Å². The lowest BCUT2D eigenvalue weighted by atomic mass is 10.1. The maximum atomic E-state index is 11.0. The lowest BCUT2D eigenvalue weighted by molar-refractivity contribution is -0.137. The summed E-state index contributed by atoms with van der Waals surface area (Å²) in [7, 11) is 0. The van der Waals surface area contributed by atoms with Crippen molar-refractivity contribution in [2.45, 2.75) is 57.9 Å². The van der Waals surface area contributed by atoms with E-state index in [1.165, 1.54) is 25.3 Å². The van der Waals surface area contributed by atoms with Crippen LogP contribution in [0.2, 0.25) is 6.04 Å². The topological polar surface area (TPSA) is 26.3 Å². The van der Waals surface area contributed by atoms with Crippen molar-refractivity contribution in [1.82, 2.24) is 0 Å². The fraction of sp³-hybridized carbons (Fsp3) is 0.769. The maximum absolute atomic E-state index is 11.0. The molecular weight excluding hydrogens is 323 g/mol. The molecule has 6 heteroatoms. The van der Waals surface area contributed by atoms with Crippen molar-refractivity contribution in [3.8, 4) is 0 Å². The summed E-state index contributed by atoms with van der Waals surface area (Å²) in [4.78, 5) is 11.0. The Morgan fingerprint density at radius 1 is 1.00 bits per heavy atom. The molecule has 0 aromatic rings. The van der Waals surface area contributed by atoms with Gasteiger partial charge in [0.25, 0.3) is 0 Å². The largest absolute Gasteiger partial charge is 0.463 e. The Balaban J connectivity index is 3.17. The van der Waals surface area contributed by atoms with Crippen molar-refractivity contribution in [1.29, 1.82) is 0 Å². The Morgan fingerprint density at radius 3 is 2.05 bits per heavy atom. The highest BCUT2D eigenvalue weighted by molar-refractivity contribution is 7.64. The molecule has 0 aromatic heterocycles. The lowest BCUT2D eigenvalue weighted by Gasteiger charge is -2.06. The molecule has 0 N–H and O–H groups in total. The van der Waals surface area contributed by atoms with Crippen LogP contribution in [0.1, 0.15) is 51.9 Å². The van der Waals surface area contributed by atoms with Crippen molar-refractivity contribution < 1.29 is 9.53 Å². The van der Waals surface area contributed by atoms with Crippen LogP contribution in [0, 0.1) is 0 Å². The van der Waals surface area contributed by atoms with E-state index in [2.05, 4.69) is 0 Å². The highest BCUT2D eigenvalue weighted by Gasteiger charge is 2.23. The highest BCUT2D eigenvalue weighted by Crippen LogP contribution is 2.27. The van der Waals surface area contributed by atoms with E-state index < -0.39 is 6.00 Å². The minimum atomic E-state index is -2.40. The summed E-state index contributed by atoms with van der Waals surface area (Å²) in [6, 6.07) is -1.64. The first-order valence-electron chi connectivity index (χ1n) is 6.82. The van der Waals surface area contributed by atoms with Gasteiger partial charge in [-0.25, -0.2) is 4.79 Å². The second-order valence-corrected chi connectivity index (χ2v) is 13.8. The molecule has 0 aromatic carbocycles. The first kappa shape index (κ1) is 19.3. The van der Waals surface area contributed by atoms with E-state index in [1.54, 1.807) is 13.0 Å². The van der Waals surface area contributed by atoms with Gasteiger partial charge in [-0.3, -0.25) is 0 Å². The molecule has 0 heterocycles. The number of esters is 1. The van der Waals surface area contributed by atoms with Gasteiger partial charge in [0.15, 0.2) is 0 Å². The summed E-state index contributed by atoms with van der Waals surface area (Å²) < 4.78 is 5.00. The van der Waals surface area contributed by atoms with Gasteiger partial charge in [0.05, 0.1) is 6.61 Å². The van der Waals surface area contributed by atoms with Crippen LogP contribution in [0.3, 0.4) is 0 Å². The second kappa shape index (κ2) is 12.1. The van der Waals surface area contributed by atoms with Crippen LogP contribution in [0.15, 0.2) is 12.2 Å². The molecule has 112 valence electrons. The van der Waals surface area contributed by atoms with Gasteiger partial charge >= 0.3 is 12.0 Å². The number of halogens is 3. The molecule has 2 nitrogen and oxygen atoms in total. The number of ether oxygens (including phenoxy) is 1. The van der Waals surface area contributed by atoms with E-state index in [0.29, 0.717) is 6.61 Å². The van der Waals surface area contributed by atoms with Crippen LogP contribution in [-0.2, 0) is 9.53 Å². The SMILES string of the molecule is CC=CC(=O)OCCCCCCCCC[Si](Cl)(Cl)Cl. The van der Waals surface area contributed by atoms with Gasteiger partial charge in [-0.05, 0) is 19.4 Å². The fourth-order valence-corrected chi connectivity index (χ4v) is 3.52. The van der Waals surface area contributed by atoms with Crippen LogP contribution in [-0.4, -0.2) is 18.6 Å². The third-order valence-electron chi connectivity index (χ3n) is 2.65. The molecule has 0 spiro atoms. The van der Waals surface area contributed by atoms with Gasteiger partial charge in [0.2, 0.25) is 0 Å². The van der Waals surface area contributed by atoms with Crippen LogP contribution >= 0.6 is 33.2 Å². The summed E-state index contributed by atoms with van der Waals surface area (Å²) in [5.74, 6) is -0.252. The average molecular weight is 346 g/mol.